The van der Waals surface area contributed by atoms with E-state index in [1.807, 2.05) is 0 Å². The van der Waals surface area contributed by atoms with Crippen LogP contribution in [0.5, 0.6) is 0 Å². The minimum absolute atomic E-state index is 0. The highest BCUT2D eigenvalue weighted by molar-refractivity contribution is 5.90. The fourth-order valence-corrected chi connectivity index (χ4v) is 2.24. The van der Waals surface area contributed by atoms with Gasteiger partial charge < -0.3 is 10.6 Å². The Morgan fingerprint density at radius 2 is 2.25 bits per heavy atom. The molecular weight excluding hydrogens is 281 g/mol. The van der Waals surface area contributed by atoms with Crippen molar-refractivity contribution in [2.24, 2.45) is 0 Å². The first-order valence-corrected chi connectivity index (χ1v) is 6.66. The van der Waals surface area contributed by atoms with Crippen LogP contribution in [0.2, 0.25) is 0 Å². The summed E-state index contributed by atoms with van der Waals surface area (Å²) in [5.41, 5.74) is 0.251. The second kappa shape index (κ2) is 8.19. The van der Waals surface area contributed by atoms with E-state index in [1.165, 1.54) is 6.07 Å². The second-order valence-electron chi connectivity index (χ2n) is 4.87. The predicted molar refractivity (Wildman–Crippen MR) is 80.8 cm³/mol. The molecule has 4 nitrogen and oxygen atoms in total. The number of amides is 1. The first kappa shape index (κ1) is 16.9. The summed E-state index contributed by atoms with van der Waals surface area (Å²) in [7, 11) is 0. The van der Waals surface area contributed by atoms with E-state index in [9.17, 15) is 9.18 Å². The average Bonchev–Trinajstić information content (AvgIpc) is 2.40. The van der Waals surface area contributed by atoms with E-state index in [4.69, 9.17) is 0 Å². The van der Waals surface area contributed by atoms with Crippen molar-refractivity contribution in [3.05, 3.63) is 30.1 Å². The lowest BCUT2D eigenvalue weighted by atomic mass is 10.2. The monoisotopic (exact) mass is 301 g/mol. The number of carbonyl (C=O) groups is 1. The van der Waals surface area contributed by atoms with E-state index >= 15 is 0 Å². The van der Waals surface area contributed by atoms with Gasteiger partial charge in [-0.2, -0.15) is 0 Å². The molecule has 1 amide bonds. The zero-order valence-electron chi connectivity index (χ0n) is 11.6. The van der Waals surface area contributed by atoms with Crippen LogP contribution in [-0.4, -0.2) is 43.0 Å². The molecule has 2 rings (SSSR count). The Morgan fingerprint density at radius 3 is 2.95 bits per heavy atom. The van der Waals surface area contributed by atoms with Crippen LogP contribution in [0.3, 0.4) is 0 Å². The van der Waals surface area contributed by atoms with Crippen LogP contribution >= 0.6 is 12.4 Å². The molecule has 0 aliphatic carbocycles. The van der Waals surface area contributed by atoms with Crippen LogP contribution in [0, 0.1) is 5.82 Å². The Balaban J connectivity index is 0.00000200. The van der Waals surface area contributed by atoms with Gasteiger partial charge in [-0.3, -0.25) is 9.69 Å². The molecule has 1 aromatic rings. The summed E-state index contributed by atoms with van der Waals surface area (Å²) >= 11 is 0. The van der Waals surface area contributed by atoms with Crippen molar-refractivity contribution < 1.29 is 9.18 Å². The molecule has 0 aromatic heterocycles. The first-order chi connectivity index (χ1) is 9.16. The molecule has 1 aromatic carbocycles. The van der Waals surface area contributed by atoms with E-state index in [1.54, 1.807) is 18.2 Å². The summed E-state index contributed by atoms with van der Waals surface area (Å²) in [4.78, 5) is 14.1. The number of nitrogens with one attached hydrogen (secondary N) is 2. The molecule has 20 heavy (non-hydrogen) atoms. The normalized spacial score (nSPS) is 19.2. The van der Waals surface area contributed by atoms with Gasteiger partial charge in [-0.15, -0.1) is 12.4 Å². The number of anilines is 1. The van der Waals surface area contributed by atoms with E-state index in [-0.39, 0.29) is 24.0 Å². The standard InChI is InChI=1S/C14H20FN3O.ClH/c1-11-10-16-7-9-18(11)8-6-14(19)17-13-5-3-2-4-12(13)15;/h2-5,11,16H,6-10H2,1H3,(H,17,19);1H/t11-;/m0./s1. The lowest BCUT2D eigenvalue weighted by molar-refractivity contribution is -0.116. The van der Waals surface area contributed by atoms with Gasteiger partial charge in [-0.25, -0.2) is 4.39 Å². The van der Waals surface area contributed by atoms with E-state index in [0.717, 1.165) is 19.6 Å². The number of piperazine rings is 1. The lowest BCUT2D eigenvalue weighted by Gasteiger charge is -2.33. The SMILES string of the molecule is C[C@H]1CNCCN1CCC(=O)Nc1ccccc1F.Cl. The number of benzene rings is 1. The Kier molecular flexibility index (Phi) is 6.91. The maximum atomic E-state index is 13.4. The van der Waals surface area contributed by atoms with Gasteiger partial charge >= 0.3 is 0 Å². The largest absolute Gasteiger partial charge is 0.324 e. The zero-order valence-corrected chi connectivity index (χ0v) is 12.4. The zero-order chi connectivity index (χ0) is 13.7. The first-order valence-electron chi connectivity index (χ1n) is 6.66. The fraction of sp³-hybridized carbons (Fsp3) is 0.500. The van der Waals surface area contributed by atoms with Crippen molar-refractivity contribution in [2.75, 3.05) is 31.5 Å². The molecule has 6 heteroatoms. The van der Waals surface area contributed by atoms with Crippen LogP contribution in [0.4, 0.5) is 10.1 Å². The number of nitrogens with zero attached hydrogens (tertiary/aromatic N) is 1. The topological polar surface area (TPSA) is 44.4 Å². The third-order valence-corrected chi connectivity index (χ3v) is 3.41. The molecule has 1 atom stereocenters. The molecule has 0 bridgehead atoms. The summed E-state index contributed by atoms with van der Waals surface area (Å²) in [6, 6.07) is 6.66. The van der Waals surface area contributed by atoms with Gasteiger partial charge in [0.2, 0.25) is 5.91 Å². The number of hydrogen-bond donors (Lipinski definition) is 2. The number of hydrogen-bond acceptors (Lipinski definition) is 3. The number of para-hydroxylation sites is 1. The molecule has 1 aliphatic rings. The highest BCUT2D eigenvalue weighted by Gasteiger charge is 2.18. The van der Waals surface area contributed by atoms with Crippen LogP contribution in [0.15, 0.2) is 24.3 Å². The van der Waals surface area contributed by atoms with Crippen LogP contribution < -0.4 is 10.6 Å². The Hall–Kier alpha value is -1.17. The number of carbonyl (C=O) groups excluding carboxylic acids is 1. The summed E-state index contributed by atoms with van der Waals surface area (Å²) in [5, 5.41) is 5.92. The number of halogens is 2. The summed E-state index contributed by atoms with van der Waals surface area (Å²) in [6.07, 6.45) is 0.388. The summed E-state index contributed by atoms with van der Waals surface area (Å²) in [5.74, 6) is -0.540. The van der Waals surface area contributed by atoms with Crippen molar-refractivity contribution in [1.82, 2.24) is 10.2 Å². The predicted octanol–water partition coefficient (Wildman–Crippen LogP) is 1.87. The van der Waals surface area contributed by atoms with Crippen LogP contribution in [-0.2, 0) is 4.79 Å². The minimum atomic E-state index is -0.397. The van der Waals surface area contributed by atoms with Crippen LogP contribution in [0.1, 0.15) is 13.3 Å². The quantitative estimate of drug-likeness (QED) is 0.892. The Bertz CT molecular complexity index is 444. The van der Waals surface area contributed by atoms with Crippen molar-refractivity contribution >= 4 is 24.0 Å². The lowest BCUT2D eigenvalue weighted by Crippen LogP contribution is -2.50. The van der Waals surface area contributed by atoms with Crippen LogP contribution in [0.25, 0.3) is 0 Å². The Morgan fingerprint density at radius 1 is 1.50 bits per heavy atom. The van der Waals surface area contributed by atoms with Gasteiger partial charge in [0.05, 0.1) is 5.69 Å². The minimum Gasteiger partial charge on any atom is -0.324 e. The molecule has 1 aliphatic heterocycles. The molecule has 0 spiro atoms. The molecule has 0 radical (unpaired) electrons. The van der Waals surface area contributed by atoms with Crippen molar-refractivity contribution in [1.29, 1.82) is 0 Å². The van der Waals surface area contributed by atoms with E-state index < -0.39 is 5.82 Å². The Labute approximate surface area is 125 Å². The van der Waals surface area contributed by atoms with Gasteiger partial charge in [-0.05, 0) is 19.1 Å². The molecule has 1 heterocycles. The third-order valence-electron chi connectivity index (χ3n) is 3.41. The van der Waals surface area contributed by atoms with Crippen molar-refractivity contribution in [2.45, 2.75) is 19.4 Å². The molecule has 2 N–H and O–H groups in total. The molecule has 1 saturated heterocycles. The second-order valence-corrected chi connectivity index (χ2v) is 4.87. The van der Waals surface area contributed by atoms with Crippen molar-refractivity contribution in [3.63, 3.8) is 0 Å². The maximum absolute atomic E-state index is 13.4. The molecule has 112 valence electrons. The summed E-state index contributed by atoms with van der Waals surface area (Å²) in [6.45, 7) is 5.71. The van der Waals surface area contributed by atoms with Crippen molar-refractivity contribution in [3.8, 4) is 0 Å². The third kappa shape index (κ3) is 4.74. The maximum Gasteiger partial charge on any atom is 0.225 e. The molecule has 1 fully saturated rings. The van der Waals surface area contributed by atoms with Gasteiger partial charge in [-0.1, -0.05) is 12.1 Å². The van der Waals surface area contributed by atoms with E-state index in [2.05, 4.69) is 22.5 Å². The van der Waals surface area contributed by atoms with Gasteiger partial charge in [0.25, 0.3) is 0 Å². The molecule has 0 saturated carbocycles. The van der Waals surface area contributed by atoms with Gasteiger partial charge in [0.15, 0.2) is 0 Å². The number of rotatable bonds is 4. The molecular formula is C14H21ClFN3O. The van der Waals surface area contributed by atoms with Gasteiger partial charge in [0.1, 0.15) is 5.82 Å². The smallest absolute Gasteiger partial charge is 0.225 e. The molecule has 0 unspecified atom stereocenters. The van der Waals surface area contributed by atoms with Gasteiger partial charge in [0, 0.05) is 38.6 Å². The highest BCUT2D eigenvalue weighted by Crippen LogP contribution is 2.12. The fourth-order valence-electron chi connectivity index (χ4n) is 2.24. The average molecular weight is 302 g/mol. The van der Waals surface area contributed by atoms with E-state index in [0.29, 0.717) is 19.0 Å². The summed E-state index contributed by atoms with van der Waals surface area (Å²) < 4.78 is 13.4. The highest BCUT2D eigenvalue weighted by atomic mass is 35.5.